The lowest BCUT2D eigenvalue weighted by Crippen LogP contribution is -2.08. The predicted octanol–water partition coefficient (Wildman–Crippen LogP) is 6.08. The lowest BCUT2D eigenvalue weighted by Gasteiger charge is -2.11. The fourth-order valence-corrected chi connectivity index (χ4v) is 3.35. The van der Waals surface area contributed by atoms with Crippen LogP contribution in [0.3, 0.4) is 0 Å². The van der Waals surface area contributed by atoms with E-state index in [0.29, 0.717) is 22.9 Å². The van der Waals surface area contributed by atoms with Gasteiger partial charge in [-0.05, 0) is 62.7 Å². The van der Waals surface area contributed by atoms with E-state index in [2.05, 4.69) is 71.2 Å². The van der Waals surface area contributed by atoms with E-state index in [9.17, 15) is 4.79 Å². The summed E-state index contributed by atoms with van der Waals surface area (Å²) in [6, 6.07) is 20.4. The van der Waals surface area contributed by atoms with Crippen molar-refractivity contribution in [3.05, 3.63) is 82.1 Å². The Morgan fingerprint density at radius 3 is 2.07 bits per heavy atom. The van der Waals surface area contributed by atoms with Gasteiger partial charge in [0.15, 0.2) is 11.4 Å². The van der Waals surface area contributed by atoms with Crippen LogP contribution in [0.1, 0.15) is 35.5 Å². The zero-order valence-corrected chi connectivity index (χ0v) is 18.4. The number of halogens is 1. The zero-order chi connectivity index (χ0) is 20.8. The van der Waals surface area contributed by atoms with E-state index in [-0.39, 0.29) is 5.69 Å². The van der Waals surface area contributed by atoms with Gasteiger partial charge in [0.25, 0.3) is 0 Å². The van der Waals surface area contributed by atoms with Gasteiger partial charge in [0.05, 0.1) is 7.11 Å². The van der Waals surface area contributed by atoms with Crippen LogP contribution in [0.2, 0.25) is 0 Å². The highest BCUT2D eigenvalue weighted by Gasteiger charge is 2.16. The molecule has 29 heavy (non-hydrogen) atoms. The third-order valence-corrected chi connectivity index (χ3v) is 4.92. The lowest BCUT2D eigenvalue weighted by atomic mass is 9.99. The van der Waals surface area contributed by atoms with Crippen LogP contribution in [0.25, 0.3) is 11.1 Å². The van der Waals surface area contributed by atoms with E-state index in [4.69, 9.17) is 9.47 Å². The van der Waals surface area contributed by atoms with E-state index in [1.54, 1.807) is 12.1 Å². The summed E-state index contributed by atoms with van der Waals surface area (Å²) in [5, 5.41) is 0. The van der Waals surface area contributed by atoms with Crippen LogP contribution < -0.4 is 4.74 Å². The number of ether oxygens (including phenoxy) is 2. The fourth-order valence-electron chi connectivity index (χ4n) is 3.04. The molecule has 0 aliphatic rings. The normalized spacial score (nSPS) is 10.8. The number of rotatable bonds is 7. The molecule has 0 bridgehead atoms. The molecule has 150 valence electrons. The molecule has 0 fully saturated rings. The Kier molecular flexibility index (Phi) is 7.04. The maximum Gasteiger partial charge on any atom is 0.360 e. The summed E-state index contributed by atoms with van der Waals surface area (Å²) in [5.41, 5.74) is 4.86. The number of aromatic nitrogens is 1. The number of benzene rings is 2. The standard InChI is InChI=1S/C24H24BrNO3/c1-16(2)14-17-4-8-19(9-5-17)20-10-6-18(7-11-20)15-29-21-12-13-22(25)26-23(21)24(27)28-3/h4-13,16H,14-15H2,1-3H3. The molecule has 0 saturated carbocycles. The monoisotopic (exact) mass is 453 g/mol. The first kappa shape index (κ1) is 21.1. The molecule has 0 saturated heterocycles. The second-order valence-corrected chi connectivity index (χ2v) is 8.07. The van der Waals surface area contributed by atoms with Crippen LogP contribution in [-0.2, 0) is 17.8 Å². The Morgan fingerprint density at radius 2 is 1.52 bits per heavy atom. The number of carbonyl (C=O) groups is 1. The third kappa shape index (κ3) is 5.67. The molecule has 0 aliphatic heterocycles. The first-order valence-electron chi connectivity index (χ1n) is 9.52. The van der Waals surface area contributed by atoms with Gasteiger partial charge in [-0.3, -0.25) is 0 Å². The van der Waals surface area contributed by atoms with Crippen LogP contribution >= 0.6 is 15.9 Å². The van der Waals surface area contributed by atoms with Gasteiger partial charge >= 0.3 is 5.97 Å². The van der Waals surface area contributed by atoms with Crippen molar-refractivity contribution in [1.82, 2.24) is 4.98 Å². The van der Waals surface area contributed by atoms with E-state index >= 15 is 0 Å². The van der Waals surface area contributed by atoms with Crippen LogP contribution in [0.4, 0.5) is 0 Å². The summed E-state index contributed by atoms with van der Waals surface area (Å²) < 4.78 is 11.1. The van der Waals surface area contributed by atoms with Crippen LogP contribution in [0.5, 0.6) is 5.75 Å². The van der Waals surface area contributed by atoms with Gasteiger partial charge < -0.3 is 9.47 Å². The molecule has 0 N–H and O–H groups in total. The van der Waals surface area contributed by atoms with E-state index in [1.807, 2.05) is 12.1 Å². The Hall–Kier alpha value is -2.66. The second kappa shape index (κ2) is 9.70. The molecule has 3 rings (SSSR count). The van der Waals surface area contributed by atoms with Gasteiger partial charge in [0, 0.05) is 0 Å². The van der Waals surface area contributed by atoms with E-state index < -0.39 is 5.97 Å². The highest BCUT2D eigenvalue weighted by molar-refractivity contribution is 9.10. The minimum Gasteiger partial charge on any atom is -0.486 e. The quantitative estimate of drug-likeness (QED) is 0.321. The highest BCUT2D eigenvalue weighted by atomic mass is 79.9. The number of nitrogens with zero attached hydrogens (tertiary/aromatic N) is 1. The molecule has 0 amide bonds. The smallest absolute Gasteiger partial charge is 0.360 e. The van der Waals surface area contributed by atoms with Gasteiger partial charge in [-0.1, -0.05) is 62.4 Å². The summed E-state index contributed by atoms with van der Waals surface area (Å²) in [7, 11) is 1.32. The predicted molar refractivity (Wildman–Crippen MR) is 118 cm³/mol. The summed E-state index contributed by atoms with van der Waals surface area (Å²) in [5.74, 6) is 0.517. The number of methoxy groups -OCH3 is 1. The van der Waals surface area contributed by atoms with Crippen molar-refractivity contribution in [2.75, 3.05) is 7.11 Å². The number of pyridine rings is 1. The Bertz CT molecular complexity index is 966. The topological polar surface area (TPSA) is 48.4 Å². The maximum atomic E-state index is 11.9. The average molecular weight is 454 g/mol. The molecule has 1 aromatic heterocycles. The molecule has 4 nitrogen and oxygen atoms in total. The van der Waals surface area contributed by atoms with Crippen molar-refractivity contribution < 1.29 is 14.3 Å². The molecule has 0 unspecified atom stereocenters. The minimum atomic E-state index is -0.530. The van der Waals surface area contributed by atoms with Crippen molar-refractivity contribution in [3.8, 4) is 16.9 Å². The maximum absolute atomic E-state index is 11.9. The largest absolute Gasteiger partial charge is 0.486 e. The van der Waals surface area contributed by atoms with Gasteiger partial charge in [0.1, 0.15) is 11.2 Å². The molecule has 3 aromatic rings. The minimum absolute atomic E-state index is 0.153. The number of carbonyl (C=O) groups excluding carboxylic acids is 1. The Balaban J connectivity index is 1.68. The summed E-state index contributed by atoms with van der Waals surface area (Å²) in [6.07, 6.45) is 1.09. The first-order valence-corrected chi connectivity index (χ1v) is 10.3. The van der Waals surface area contributed by atoms with Crippen molar-refractivity contribution in [2.24, 2.45) is 5.92 Å². The molecule has 0 radical (unpaired) electrons. The highest BCUT2D eigenvalue weighted by Crippen LogP contribution is 2.24. The summed E-state index contributed by atoms with van der Waals surface area (Å²) in [6.45, 7) is 4.79. The molecular weight excluding hydrogens is 430 g/mol. The van der Waals surface area contributed by atoms with Gasteiger partial charge in [-0.2, -0.15) is 0 Å². The SMILES string of the molecule is COC(=O)c1nc(Br)ccc1OCc1ccc(-c2ccc(CC(C)C)cc2)cc1. The Labute approximate surface area is 180 Å². The van der Waals surface area contributed by atoms with Gasteiger partial charge in [-0.15, -0.1) is 0 Å². The second-order valence-electron chi connectivity index (χ2n) is 7.25. The van der Waals surface area contributed by atoms with Crippen molar-refractivity contribution >= 4 is 21.9 Å². The van der Waals surface area contributed by atoms with Crippen molar-refractivity contribution in [3.63, 3.8) is 0 Å². The molecule has 0 aliphatic carbocycles. The number of esters is 1. The lowest BCUT2D eigenvalue weighted by molar-refractivity contribution is 0.0588. The van der Waals surface area contributed by atoms with Crippen molar-refractivity contribution in [1.29, 1.82) is 0 Å². The summed E-state index contributed by atoms with van der Waals surface area (Å²) >= 11 is 3.26. The van der Waals surface area contributed by atoms with Crippen molar-refractivity contribution in [2.45, 2.75) is 26.9 Å². The first-order chi connectivity index (χ1) is 14.0. The molecule has 2 aromatic carbocycles. The molecular formula is C24H24BrNO3. The number of hydrogen-bond acceptors (Lipinski definition) is 4. The van der Waals surface area contributed by atoms with E-state index in [0.717, 1.165) is 17.5 Å². The van der Waals surface area contributed by atoms with E-state index in [1.165, 1.54) is 18.2 Å². The van der Waals surface area contributed by atoms with Crippen LogP contribution in [-0.4, -0.2) is 18.1 Å². The molecule has 0 spiro atoms. The molecule has 1 heterocycles. The summed E-state index contributed by atoms with van der Waals surface area (Å²) in [4.78, 5) is 16.0. The molecule has 5 heteroatoms. The van der Waals surface area contributed by atoms with Crippen LogP contribution in [0, 0.1) is 5.92 Å². The third-order valence-electron chi connectivity index (χ3n) is 4.48. The van der Waals surface area contributed by atoms with Gasteiger partial charge in [0.2, 0.25) is 0 Å². The molecule has 0 atom stereocenters. The van der Waals surface area contributed by atoms with Crippen LogP contribution in [0.15, 0.2) is 65.3 Å². The van der Waals surface area contributed by atoms with Gasteiger partial charge in [-0.25, -0.2) is 9.78 Å². The Morgan fingerprint density at radius 1 is 0.931 bits per heavy atom. The fraction of sp³-hybridized carbons (Fsp3) is 0.250. The average Bonchev–Trinajstić information content (AvgIpc) is 2.73. The zero-order valence-electron chi connectivity index (χ0n) is 16.8. The number of hydrogen-bond donors (Lipinski definition) is 0.